The second-order valence-electron chi connectivity index (χ2n) is 2.61. The van der Waals surface area contributed by atoms with E-state index in [0.717, 1.165) is 9.25 Å². The standard InChI is InChI=1S/C6H8F3N3O/c1-11-4-10-12(5(11)13)3-2-6(7,8)9/h4H,2-3H2,1H3. The Morgan fingerprint density at radius 2 is 2.15 bits per heavy atom. The molecule has 0 spiro atoms. The van der Waals surface area contributed by atoms with Crippen molar-refractivity contribution in [1.82, 2.24) is 14.3 Å². The van der Waals surface area contributed by atoms with Crippen molar-refractivity contribution < 1.29 is 13.2 Å². The topological polar surface area (TPSA) is 39.8 Å². The average molecular weight is 195 g/mol. The SMILES string of the molecule is Cn1cnn(CCC(F)(F)F)c1=O. The van der Waals surface area contributed by atoms with Crippen LogP contribution in [-0.2, 0) is 13.6 Å². The number of nitrogens with zero attached hydrogens (tertiary/aromatic N) is 3. The lowest BCUT2D eigenvalue weighted by Gasteiger charge is -2.04. The van der Waals surface area contributed by atoms with Crippen LogP contribution in [0.15, 0.2) is 11.1 Å². The molecule has 0 radical (unpaired) electrons. The van der Waals surface area contributed by atoms with Gasteiger partial charge in [0.2, 0.25) is 0 Å². The van der Waals surface area contributed by atoms with Crippen molar-refractivity contribution in [1.29, 1.82) is 0 Å². The lowest BCUT2D eigenvalue weighted by molar-refractivity contribution is -0.137. The quantitative estimate of drug-likeness (QED) is 0.690. The summed E-state index contributed by atoms with van der Waals surface area (Å²) < 4.78 is 37.1. The molecule has 0 atom stereocenters. The first-order chi connectivity index (χ1) is 5.90. The third-order valence-electron chi connectivity index (χ3n) is 1.49. The Morgan fingerprint density at radius 1 is 1.54 bits per heavy atom. The maximum absolute atomic E-state index is 11.7. The molecule has 74 valence electrons. The molecular formula is C6H8F3N3O. The lowest BCUT2D eigenvalue weighted by atomic mass is 10.4. The zero-order chi connectivity index (χ0) is 10.1. The molecule has 13 heavy (non-hydrogen) atoms. The van der Waals surface area contributed by atoms with Crippen LogP contribution in [0.3, 0.4) is 0 Å². The second-order valence-corrected chi connectivity index (χ2v) is 2.61. The highest BCUT2D eigenvalue weighted by molar-refractivity contribution is 4.65. The number of hydrogen-bond donors (Lipinski definition) is 0. The monoisotopic (exact) mass is 195 g/mol. The maximum Gasteiger partial charge on any atom is 0.390 e. The zero-order valence-corrected chi connectivity index (χ0v) is 6.88. The van der Waals surface area contributed by atoms with E-state index in [1.807, 2.05) is 0 Å². The number of aromatic nitrogens is 3. The Morgan fingerprint density at radius 3 is 2.54 bits per heavy atom. The number of aryl methyl sites for hydroxylation is 2. The van der Waals surface area contributed by atoms with Crippen LogP contribution in [0.4, 0.5) is 13.2 Å². The summed E-state index contributed by atoms with van der Waals surface area (Å²) in [6, 6.07) is 0. The van der Waals surface area contributed by atoms with Gasteiger partial charge in [0.25, 0.3) is 0 Å². The molecule has 1 aromatic heterocycles. The van der Waals surface area contributed by atoms with E-state index in [-0.39, 0.29) is 0 Å². The first-order valence-corrected chi connectivity index (χ1v) is 3.55. The minimum Gasteiger partial charge on any atom is -0.285 e. The van der Waals surface area contributed by atoms with E-state index in [2.05, 4.69) is 5.10 Å². The van der Waals surface area contributed by atoms with Crippen molar-refractivity contribution in [3.8, 4) is 0 Å². The molecule has 1 heterocycles. The van der Waals surface area contributed by atoms with Crippen LogP contribution in [0.5, 0.6) is 0 Å². The third-order valence-corrected chi connectivity index (χ3v) is 1.49. The largest absolute Gasteiger partial charge is 0.390 e. The summed E-state index contributed by atoms with van der Waals surface area (Å²) in [5, 5.41) is 3.49. The molecule has 1 aromatic rings. The van der Waals surface area contributed by atoms with E-state index in [1.165, 1.54) is 13.4 Å². The molecule has 0 saturated heterocycles. The lowest BCUT2D eigenvalue weighted by Crippen LogP contribution is -2.25. The molecular weight excluding hydrogens is 187 g/mol. The van der Waals surface area contributed by atoms with Gasteiger partial charge < -0.3 is 0 Å². The maximum atomic E-state index is 11.7. The fraction of sp³-hybridized carbons (Fsp3) is 0.667. The Labute approximate surface area is 71.6 Å². The van der Waals surface area contributed by atoms with Crippen molar-refractivity contribution in [3.63, 3.8) is 0 Å². The van der Waals surface area contributed by atoms with Gasteiger partial charge in [-0.25, -0.2) is 9.48 Å². The first kappa shape index (κ1) is 9.82. The highest BCUT2D eigenvalue weighted by atomic mass is 19.4. The van der Waals surface area contributed by atoms with E-state index in [0.29, 0.717) is 0 Å². The van der Waals surface area contributed by atoms with Crippen molar-refractivity contribution >= 4 is 0 Å². The summed E-state index contributed by atoms with van der Waals surface area (Å²) in [6.45, 7) is -0.427. The summed E-state index contributed by atoms with van der Waals surface area (Å²) in [6.07, 6.45) is -4.11. The van der Waals surface area contributed by atoms with Gasteiger partial charge in [0.05, 0.1) is 13.0 Å². The van der Waals surface area contributed by atoms with Crippen LogP contribution in [0.25, 0.3) is 0 Å². The Kier molecular flexibility index (Phi) is 2.44. The van der Waals surface area contributed by atoms with Crippen molar-refractivity contribution in [2.24, 2.45) is 7.05 Å². The van der Waals surface area contributed by atoms with Gasteiger partial charge in [0, 0.05) is 7.05 Å². The van der Waals surface area contributed by atoms with Crippen LogP contribution in [0.2, 0.25) is 0 Å². The number of alkyl halides is 3. The summed E-state index contributed by atoms with van der Waals surface area (Å²) in [5.74, 6) is 0. The summed E-state index contributed by atoms with van der Waals surface area (Å²) in [7, 11) is 1.43. The Hall–Kier alpha value is -1.27. The average Bonchev–Trinajstić information content (AvgIpc) is 2.29. The number of rotatable bonds is 2. The van der Waals surface area contributed by atoms with Crippen LogP contribution in [-0.4, -0.2) is 20.5 Å². The van der Waals surface area contributed by atoms with Gasteiger partial charge in [0.1, 0.15) is 6.33 Å². The number of hydrogen-bond acceptors (Lipinski definition) is 2. The Bertz CT molecular complexity index is 338. The molecule has 0 amide bonds. The highest BCUT2D eigenvalue weighted by Gasteiger charge is 2.27. The fourth-order valence-corrected chi connectivity index (χ4v) is 0.807. The van der Waals surface area contributed by atoms with E-state index >= 15 is 0 Å². The van der Waals surface area contributed by atoms with E-state index < -0.39 is 24.8 Å². The molecule has 0 saturated carbocycles. The van der Waals surface area contributed by atoms with E-state index in [1.54, 1.807) is 0 Å². The van der Waals surface area contributed by atoms with Gasteiger partial charge in [-0.3, -0.25) is 4.57 Å². The second kappa shape index (κ2) is 3.23. The highest BCUT2D eigenvalue weighted by Crippen LogP contribution is 2.19. The molecule has 4 nitrogen and oxygen atoms in total. The first-order valence-electron chi connectivity index (χ1n) is 3.55. The van der Waals surface area contributed by atoms with Crippen molar-refractivity contribution in [3.05, 3.63) is 16.8 Å². The van der Waals surface area contributed by atoms with Crippen molar-refractivity contribution in [2.75, 3.05) is 0 Å². The van der Waals surface area contributed by atoms with Crippen LogP contribution in [0.1, 0.15) is 6.42 Å². The normalized spacial score (nSPS) is 12.0. The summed E-state index contributed by atoms with van der Waals surface area (Å²) >= 11 is 0. The zero-order valence-electron chi connectivity index (χ0n) is 6.88. The molecule has 0 unspecified atom stereocenters. The molecule has 0 N–H and O–H groups in total. The van der Waals surface area contributed by atoms with Gasteiger partial charge in [-0.05, 0) is 0 Å². The third kappa shape index (κ3) is 2.60. The van der Waals surface area contributed by atoms with Gasteiger partial charge in [-0.2, -0.15) is 18.3 Å². The predicted octanol–water partition coefficient (Wildman–Crippen LogP) is 0.534. The summed E-state index contributed by atoms with van der Waals surface area (Å²) in [4.78, 5) is 11.0. The molecule has 0 aromatic carbocycles. The predicted molar refractivity (Wildman–Crippen MR) is 38.1 cm³/mol. The van der Waals surface area contributed by atoms with Crippen LogP contribution < -0.4 is 5.69 Å². The van der Waals surface area contributed by atoms with E-state index in [9.17, 15) is 18.0 Å². The molecule has 1 rings (SSSR count). The van der Waals surface area contributed by atoms with E-state index in [4.69, 9.17) is 0 Å². The van der Waals surface area contributed by atoms with Gasteiger partial charge in [-0.1, -0.05) is 0 Å². The van der Waals surface area contributed by atoms with Gasteiger partial charge in [-0.15, -0.1) is 0 Å². The molecule has 0 aliphatic heterocycles. The molecule has 0 bridgehead atoms. The van der Waals surface area contributed by atoms with Gasteiger partial charge >= 0.3 is 11.9 Å². The van der Waals surface area contributed by atoms with Crippen molar-refractivity contribution in [2.45, 2.75) is 19.1 Å². The minimum atomic E-state index is -4.25. The number of halogens is 3. The Balaban J connectivity index is 2.66. The molecule has 0 aliphatic rings. The fourth-order valence-electron chi connectivity index (χ4n) is 0.807. The molecule has 0 aliphatic carbocycles. The minimum absolute atomic E-state index is 0.427. The summed E-state index contributed by atoms with van der Waals surface area (Å²) in [5.41, 5.74) is -0.538. The smallest absolute Gasteiger partial charge is 0.285 e. The van der Waals surface area contributed by atoms with Crippen LogP contribution in [0, 0.1) is 0 Å². The molecule has 0 fully saturated rings. The molecule has 7 heteroatoms. The van der Waals surface area contributed by atoms with Gasteiger partial charge in [0.15, 0.2) is 0 Å². The van der Waals surface area contributed by atoms with Crippen LogP contribution >= 0.6 is 0 Å².